The Kier molecular flexibility index (Phi) is 4.86. The quantitative estimate of drug-likeness (QED) is 0.697. The van der Waals surface area contributed by atoms with Gasteiger partial charge in [0.05, 0.1) is 12.0 Å². The summed E-state index contributed by atoms with van der Waals surface area (Å²) in [5.74, 6) is 1.99. The van der Waals surface area contributed by atoms with Gasteiger partial charge in [0.2, 0.25) is 17.8 Å². The third-order valence-corrected chi connectivity index (χ3v) is 7.50. The van der Waals surface area contributed by atoms with Crippen molar-refractivity contribution in [3.05, 3.63) is 30.1 Å². The molecule has 4 fully saturated rings. The molecule has 0 N–H and O–H groups in total. The molecule has 3 aliphatic heterocycles. The summed E-state index contributed by atoms with van der Waals surface area (Å²) in [4.78, 5) is 49.1. The minimum absolute atomic E-state index is 0.00451. The number of oxazole rings is 1. The number of carbonyl (C=O) groups is 2. The standard InChI is InChI=1S/C23H28N6O4/c1-15-25-17(14-32-15)18-5-13-33-29(18)20(30)16-3-10-27(11-4-16)22-24-9-2-19(26-22)28-12-8-23(6-7-23)21(28)31/h2,9,14,16,18H,3-8,10-13H2,1H3/t18-/m0/s1. The Morgan fingerprint density at radius 1 is 1.12 bits per heavy atom. The van der Waals surface area contributed by atoms with E-state index in [0.717, 1.165) is 31.5 Å². The number of nitrogens with zero attached hydrogens (tertiary/aromatic N) is 6. The van der Waals surface area contributed by atoms with Crippen molar-refractivity contribution in [2.75, 3.05) is 36.0 Å². The summed E-state index contributed by atoms with van der Waals surface area (Å²) in [6.07, 6.45) is 8.37. The van der Waals surface area contributed by atoms with Crippen LogP contribution < -0.4 is 9.80 Å². The van der Waals surface area contributed by atoms with Gasteiger partial charge in [-0.2, -0.15) is 4.98 Å². The average molecular weight is 453 g/mol. The summed E-state index contributed by atoms with van der Waals surface area (Å²) in [5.41, 5.74) is 0.634. The van der Waals surface area contributed by atoms with E-state index in [9.17, 15) is 9.59 Å². The van der Waals surface area contributed by atoms with Gasteiger partial charge in [0.25, 0.3) is 0 Å². The number of aromatic nitrogens is 3. The molecular weight excluding hydrogens is 424 g/mol. The van der Waals surface area contributed by atoms with Crippen LogP contribution in [0.15, 0.2) is 22.9 Å². The summed E-state index contributed by atoms with van der Waals surface area (Å²) in [6.45, 7) is 4.38. The first kappa shape index (κ1) is 20.6. The highest BCUT2D eigenvalue weighted by Gasteiger charge is 2.56. The molecule has 1 atom stereocenters. The van der Waals surface area contributed by atoms with E-state index < -0.39 is 0 Å². The zero-order chi connectivity index (χ0) is 22.6. The number of aryl methyl sites for hydroxylation is 1. The second-order valence-electron chi connectivity index (χ2n) is 9.56. The molecule has 0 bridgehead atoms. The molecule has 6 rings (SSSR count). The molecule has 0 radical (unpaired) electrons. The van der Waals surface area contributed by atoms with Crippen molar-refractivity contribution in [3.8, 4) is 0 Å². The number of hydrogen-bond acceptors (Lipinski definition) is 8. The summed E-state index contributed by atoms with van der Waals surface area (Å²) in [7, 11) is 0. The van der Waals surface area contributed by atoms with E-state index in [1.54, 1.807) is 19.4 Å². The lowest BCUT2D eigenvalue weighted by Gasteiger charge is -2.34. The molecule has 3 saturated heterocycles. The molecule has 1 saturated carbocycles. The maximum Gasteiger partial charge on any atom is 0.250 e. The number of amides is 2. The predicted molar refractivity (Wildman–Crippen MR) is 117 cm³/mol. The van der Waals surface area contributed by atoms with Crippen LogP contribution in [-0.4, -0.2) is 58.1 Å². The van der Waals surface area contributed by atoms with Gasteiger partial charge in [-0.1, -0.05) is 0 Å². The highest BCUT2D eigenvalue weighted by molar-refractivity contribution is 6.01. The maximum absolute atomic E-state index is 13.2. The van der Waals surface area contributed by atoms with Gasteiger partial charge in [0, 0.05) is 45.1 Å². The fourth-order valence-corrected chi connectivity index (χ4v) is 5.29. The van der Waals surface area contributed by atoms with Crippen molar-refractivity contribution >= 4 is 23.6 Å². The topological polar surface area (TPSA) is 105 Å². The zero-order valence-corrected chi connectivity index (χ0v) is 18.8. The van der Waals surface area contributed by atoms with Gasteiger partial charge < -0.3 is 9.32 Å². The number of hydrogen-bond donors (Lipinski definition) is 0. The summed E-state index contributed by atoms with van der Waals surface area (Å²) < 4.78 is 5.33. The van der Waals surface area contributed by atoms with Gasteiger partial charge in [-0.15, -0.1) is 0 Å². The maximum atomic E-state index is 13.2. The highest BCUT2D eigenvalue weighted by atomic mass is 16.7. The Hall–Kier alpha value is -3.01. The SMILES string of the molecule is Cc1nc([C@@H]2CCON2C(=O)C2CCN(c3nccc(N4CCC5(CC5)C4=O)n3)CC2)co1. The van der Waals surface area contributed by atoms with Crippen LogP contribution in [0.5, 0.6) is 0 Å². The minimum Gasteiger partial charge on any atom is -0.449 e. The smallest absolute Gasteiger partial charge is 0.250 e. The van der Waals surface area contributed by atoms with Gasteiger partial charge in [-0.05, 0) is 38.2 Å². The van der Waals surface area contributed by atoms with Crippen molar-refractivity contribution in [3.63, 3.8) is 0 Å². The zero-order valence-electron chi connectivity index (χ0n) is 18.8. The van der Waals surface area contributed by atoms with Crippen LogP contribution >= 0.6 is 0 Å². The van der Waals surface area contributed by atoms with Crippen LogP contribution in [-0.2, 0) is 14.4 Å². The average Bonchev–Trinajstić information content (AvgIpc) is 3.13. The molecule has 1 spiro atoms. The first-order valence-electron chi connectivity index (χ1n) is 11.8. The van der Waals surface area contributed by atoms with Crippen LogP contribution in [0.1, 0.15) is 56.2 Å². The Morgan fingerprint density at radius 3 is 2.64 bits per heavy atom. The van der Waals surface area contributed by atoms with Gasteiger partial charge in [0.15, 0.2) is 5.89 Å². The lowest BCUT2D eigenvalue weighted by molar-refractivity contribution is -0.182. The second kappa shape index (κ2) is 7.79. The molecule has 10 nitrogen and oxygen atoms in total. The second-order valence-corrected chi connectivity index (χ2v) is 9.56. The molecule has 2 aromatic heterocycles. The summed E-state index contributed by atoms with van der Waals surface area (Å²) >= 11 is 0. The summed E-state index contributed by atoms with van der Waals surface area (Å²) in [6, 6.07) is 1.62. The number of rotatable bonds is 4. The molecular formula is C23H28N6O4. The molecule has 0 aromatic carbocycles. The molecule has 174 valence electrons. The number of carbonyl (C=O) groups excluding carboxylic acids is 2. The molecule has 2 aromatic rings. The van der Waals surface area contributed by atoms with Gasteiger partial charge in [-0.3, -0.25) is 19.3 Å². The molecule has 10 heteroatoms. The lowest BCUT2D eigenvalue weighted by atomic mass is 9.95. The third kappa shape index (κ3) is 3.56. The van der Waals surface area contributed by atoms with Crippen LogP contribution in [0.2, 0.25) is 0 Å². The van der Waals surface area contributed by atoms with Gasteiger partial charge in [0.1, 0.15) is 23.8 Å². The molecule has 0 unspecified atom stereocenters. The van der Waals surface area contributed by atoms with Crippen molar-refractivity contribution < 1.29 is 18.8 Å². The first-order chi connectivity index (χ1) is 16.0. The van der Waals surface area contributed by atoms with E-state index >= 15 is 0 Å². The fourth-order valence-electron chi connectivity index (χ4n) is 5.29. The normalized spacial score (nSPS) is 24.8. The molecule has 4 aliphatic rings. The Bertz CT molecular complexity index is 1070. The summed E-state index contributed by atoms with van der Waals surface area (Å²) in [5, 5.41) is 1.50. The number of hydroxylamine groups is 2. The molecule has 33 heavy (non-hydrogen) atoms. The van der Waals surface area contributed by atoms with E-state index in [-0.39, 0.29) is 29.2 Å². The van der Waals surface area contributed by atoms with E-state index in [1.807, 2.05) is 11.0 Å². The monoisotopic (exact) mass is 452 g/mol. The Balaban J connectivity index is 1.10. The number of piperidine rings is 1. The largest absolute Gasteiger partial charge is 0.449 e. The van der Waals surface area contributed by atoms with Crippen molar-refractivity contribution in [1.82, 2.24) is 20.0 Å². The van der Waals surface area contributed by atoms with E-state index in [1.165, 1.54) is 5.06 Å². The number of anilines is 2. The van der Waals surface area contributed by atoms with E-state index in [0.29, 0.717) is 56.6 Å². The van der Waals surface area contributed by atoms with Crippen LogP contribution in [0.25, 0.3) is 0 Å². The van der Waals surface area contributed by atoms with Gasteiger partial charge in [-0.25, -0.2) is 15.0 Å². The molecule has 5 heterocycles. The first-order valence-corrected chi connectivity index (χ1v) is 11.8. The fraction of sp³-hybridized carbons (Fsp3) is 0.609. The van der Waals surface area contributed by atoms with Crippen molar-refractivity contribution in [1.29, 1.82) is 0 Å². The van der Waals surface area contributed by atoms with E-state index in [4.69, 9.17) is 14.2 Å². The Labute approximate surface area is 191 Å². The third-order valence-electron chi connectivity index (χ3n) is 7.50. The molecule has 1 aliphatic carbocycles. The van der Waals surface area contributed by atoms with Crippen LogP contribution in [0, 0.1) is 18.3 Å². The Morgan fingerprint density at radius 2 is 1.94 bits per heavy atom. The van der Waals surface area contributed by atoms with Crippen LogP contribution in [0.4, 0.5) is 11.8 Å². The van der Waals surface area contributed by atoms with Crippen molar-refractivity contribution in [2.24, 2.45) is 11.3 Å². The van der Waals surface area contributed by atoms with Gasteiger partial charge >= 0.3 is 0 Å². The minimum atomic E-state index is -0.194. The predicted octanol–water partition coefficient (Wildman–Crippen LogP) is 2.41. The van der Waals surface area contributed by atoms with Crippen molar-refractivity contribution in [2.45, 2.75) is 51.5 Å². The van der Waals surface area contributed by atoms with E-state index in [2.05, 4.69) is 14.9 Å². The molecule has 2 amide bonds. The lowest BCUT2D eigenvalue weighted by Crippen LogP contribution is -2.42. The van der Waals surface area contributed by atoms with Crippen LogP contribution in [0.3, 0.4) is 0 Å². The highest BCUT2D eigenvalue weighted by Crippen LogP contribution is 2.54.